The minimum atomic E-state index is -0.0933. The molecule has 1 aromatic carbocycles. The van der Waals surface area contributed by atoms with Crippen molar-refractivity contribution >= 4 is 31.9 Å². The van der Waals surface area contributed by atoms with Gasteiger partial charge < -0.3 is 0 Å². The van der Waals surface area contributed by atoms with Gasteiger partial charge in [0.2, 0.25) is 0 Å². The first-order valence-electron chi connectivity index (χ1n) is 5.44. The van der Waals surface area contributed by atoms with Gasteiger partial charge in [-0.15, -0.1) is 0 Å². The van der Waals surface area contributed by atoms with Crippen LogP contribution in [0.1, 0.15) is 22.7 Å². The largest absolute Gasteiger partial charge is 0.271 e. The monoisotopic (exact) mass is 369 g/mol. The summed E-state index contributed by atoms with van der Waals surface area (Å²) in [6, 6.07) is 7.99. The molecule has 0 aliphatic rings. The normalized spacial score (nSPS) is 12.4. The highest BCUT2D eigenvalue weighted by Gasteiger charge is 2.16. The van der Waals surface area contributed by atoms with Crippen LogP contribution in [0.2, 0.25) is 0 Å². The van der Waals surface area contributed by atoms with Gasteiger partial charge in [0.25, 0.3) is 0 Å². The van der Waals surface area contributed by atoms with Gasteiger partial charge in [0.1, 0.15) is 0 Å². The Balaban J connectivity index is 2.48. The van der Waals surface area contributed by atoms with E-state index in [1.807, 2.05) is 37.5 Å². The number of aromatic nitrogens is 1. The molecule has 2 rings (SSSR count). The highest BCUT2D eigenvalue weighted by Crippen LogP contribution is 2.30. The van der Waals surface area contributed by atoms with Gasteiger partial charge in [-0.1, -0.05) is 37.9 Å². The highest BCUT2D eigenvalue weighted by molar-refractivity contribution is 9.11. The molecular formula is C13H13Br2N3. The molecule has 1 atom stereocenters. The number of nitrogens with two attached hydrogens (primary N) is 1. The lowest BCUT2D eigenvalue weighted by molar-refractivity contribution is 0.631. The number of rotatable bonds is 3. The van der Waals surface area contributed by atoms with Gasteiger partial charge in [0.15, 0.2) is 0 Å². The number of hydrogen-bond acceptors (Lipinski definition) is 3. The molecule has 0 aliphatic carbocycles. The van der Waals surface area contributed by atoms with Crippen LogP contribution < -0.4 is 11.3 Å². The fourth-order valence-electron chi connectivity index (χ4n) is 1.84. The molecule has 0 aliphatic heterocycles. The Morgan fingerprint density at radius 2 is 2.00 bits per heavy atom. The number of hydrazine groups is 1. The summed E-state index contributed by atoms with van der Waals surface area (Å²) in [6.07, 6.45) is 3.65. The minimum absolute atomic E-state index is 0.0933. The average Bonchev–Trinajstić information content (AvgIpc) is 2.35. The maximum Gasteiger partial charge on any atom is 0.0736 e. The molecule has 18 heavy (non-hydrogen) atoms. The Kier molecular flexibility index (Phi) is 4.50. The molecule has 1 unspecified atom stereocenters. The molecule has 0 bridgehead atoms. The lowest BCUT2D eigenvalue weighted by Crippen LogP contribution is -2.29. The van der Waals surface area contributed by atoms with E-state index >= 15 is 0 Å². The van der Waals surface area contributed by atoms with E-state index in [1.54, 1.807) is 0 Å². The van der Waals surface area contributed by atoms with Crippen LogP contribution in [0.25, 0.3) is 0 Å². The predicted octanol–water partition coefficient (Wildman–Crippen LogP) is 3.47. The van der Waals surface area contributed by atoms with E-state index in [9.17, 15) is 0 Å². The van der Waals surface area contributed by atoms with E-state index in [0.717, 1.165) is 25.6 Å². The minimum Gasteiger partial charge on any atom is -0.271 e. The Morgan fingerprint density at radius 1 is 1.22 bits per heavy atom. The molecular weight excluding hydrogens is 358 g/mol. The first-order chi connectivity index (χ1) is 8.61. The second kappa shape index (κ2) is 5.93. The third-order valence-corrected chi connectivity index (χ3v) is 3.88. The van der Waals surface area contributed by atoms with Crippen LogP contribution in [0.15, 0.2) is 45.6 Å². The molecule has 0 saturated carbocycles. The first-order valence-corrected chi connectivity index (χ1v) is 7.03. The third-order valence-electron chi connectivity index (χ3n) is 2.67. The highest BCUT2D eigenvalue weighted by atomic mass is 79.9. The van der Waals surface area contributed by atoms with Crippen LogP contribution in [-0.2, 0) is 0 Å². The van der Waals surface area contributed by atoms with Crippen molar-refractivity contribution in [3.8, 4) is 0 Å². The van der Waals surface area contributed by atoms with Crippen LogP contribution in [0.5, 0.6) is 0 Å². The number of aryl methyl sites for hydroxylation is 1. The zero-order valence-corrected chi connectivity index (χ0v) is 13.0. The molecule has 5 heteroatoms. The summed E-state index contributed by atoms with van der Waals surface area (Å²) in [5.74, 6) is 5.69. The van der Waals surface area contributed by atoms with Crippen molar-refractivity contribution in [1.29, 1.82) is 0 Å². The van der Waals surface area contributed by atoms with Gasteiger partial charge >= 0.3 is 0 Å². The van der Waals surface area contributed by atoms with Gasteiger partial charge in [-0.25, -0.2) is 5.43 Å². The molecule has 0 amide bonds. The Hall–Kier alpha value is -0.750. The molecule has 1 aromatic heterocycles. The number of nitrogens with one attached hydrogen (secondary N) is 1. The number of nitrogens with zero attached hydrogens (tertiary/aromatic N) is 1. The summed E-state index contributed by atoms with van der Waals surface area (Å²) < 4.78 is 2.02. The smallest absolute Gasteiger partial charge is 0.0736 e. The van der Waals surface area contributed by atoms with Crippen LogP contribution in [0.4, 0.5) is 0 Å². The maximum atomic E-state index is 5.69. The molecule has 3 N–H and O–H groups in total. The van der Waals surface area contributed by atoms with Crippen molar-refractivity contribution < 1.29 is 0 Å². The summed E-state index contributed by atoms with van der Waals surface area (Å²) in [7, 11) is 0. The molecule has 0 fully saturated rings. The fraction of sp³-hybridized carbons (Fsp3) is 0.154. The molecule has 94 valence electrons. The number of halogens is 2. The van der Waals surface area contributed by atoms with E-state index in [-0.39, 0.29) is 6.04 Å². The number of benzene rings is 1. The van der Waals surface area contributed by atoms with E-state index in [2.05, 4.69) is 48.3 Å². The second-order valence-electron chi connectivity index (χ2n) is 4.06. The van der Waals surface area contributed by atoms with E-state index in [4.69, 9.17) is 5.84 Å². The molecule has 0 spiro atoms. The lowest BCUT2D eigenvalue weighted by Gasteiger charge is -2.18. The quantitative estimate of drug-likeness (QED) is 0.642. The third kappa shape index (κ3) is 2.98. The van der Waals surface area contributed by atoms with Crippen LogP contribution in [0.3, 0.4) is 0 Å². The summed E-state index contributed by atoms with van der Waals surface area (Å²) in [6.45, 7) is 2.01. The van der Waals surface area contributed by atoms with E-state index in [1.165, 1.54) is 0 Å². The van der Waals surface area contributed by atoms with Gasteiger partial charge in [-0.3, -0.25) is 10.8 Å². The lowest BCUT2D eigenvalue weighted by atomic mass is 10.00. The average molecular weight is 371 g/mol. The van der Waals surface area contributed by atoms with Crippen molar-refractivity contribution in [2.45, 2.75) is 13.0 Å². The van der Waals surface area contributed by atoms with Crippen LogP contribution in [0, 0.1) is 6.92 Å². The van der Waals surface area contributed by atoms with Gasteiger partial charge in [0.05, 0.1) is 6.04 Å². The van der Waals surface area contributed by atoms with Gasteiger partial charge in [0, 0.05) is 21.3 Å². The molecule has 3 nitrogen and oxygen atoms in total. The topological polar surface area (TPSA) is 50.9 Å². The van der Waals surface area contributed by atoms with E-state index < -0.39 is 0 Å². The molecule has 2 aromatic rings. The van der Waals surface area contributed by atoms with Crippen LogP contribution in [-0.4, -0.2) is 4.98 Å². The summed E-state index contributed by atoms with van der Waals surface area (Å²) in [4.78, 5) is 4.21. The zero-order valence-electron chi connectivity index (χ0n) is 9.82. The standard InChI is InChI=1S/C13H13Br2N3/c1-8-4-9(7-17-6-8)13(18-16)11-5-10(14)2-3-12(11)15/h2-7,13,18H,16H2,1H3. The summed E-state index contributed by atoms with van der Waals surface area (Å²) >= 11 is 7.03. The number of hydrogen-bond donors (Lipinski definition) is 2. The SMILES string of the molecule is Cc1cncc(C(NN)c2cc(Br)ccc2Br)c1. The summed E-state index contributed by atoms with van der Waals surface area (Å²) in [5.41, 5.74) is 6.06. The second-order valence-corrected chi connectivity index (χ2v) is 5.83. The zero-order chi connectivity index (χ0) is 13.1. The first kappa shape index (κ1) is 13.7. The van der Waals surface area contributed by atoms with Crippen molar-refractivity contribution in [1.82, 2.24) is 10.4 Å². The molecule has 1 heterocycles. The maximum absolute atomic E-state index is 5.69. The molecule has 0 radical (unpaired) electrons. The Bertz CT molecular complexity index is 558. The van der Waals surface area contributed by atoms with Crippen molar-refractivity contribution in [2.75, 3.05) is 0 Å². The molecule has 0 saturated heterocycles. The van der Waals surface area contributed by atoms with Crippen LogP contribution >= 0.6 is 31.9 Å². The number of pyridine rings is 1. The van der Waals surface area contributed by atoms with Crippen molar-refractivity contribution in [3.63, 3.8) is 0 Å². The van der Waals surface area contributed by atoms with Gasteiger partial charge in [-0.2, -0.15) is 0 Å². The van der Waals surface area contributed by atoms with Crippen molar-refractivity contribution in [3.05, 3.63) is 62.3 Å². The van der Waals surface area contributed by atoms with E-state index in [0.29, 0.717) is 0 Å². The Morgan fingerprint density at radius 3 is 2.67 bits per heavy atom. The summed E-state index contributed by atoms with van der Waals surface area (Å²) in [5, 5.41) is 0. The van der Waals surface area contributed by atoms with Gasteiger partial charge in [-0.05, 0) is 41.8 Å². The Labute approximate surface area is 123 Å². The van der Waals surface area contributed by atoms with Crippen molar-refractivity contribution in [2.24, 2.45) is 5.84 Å². The predicted molar refractivity (Wildman–Crippen MR) is 80.0 cm³/mol. The fourth-order valence-corrected chi connectivity index (χ4v) is 2.69.